The second kappa shape index (κ2) is 5.89. The topological polar surface area (TPSA) is 52.5 Å². The summed E-state index contributed by atoms with van der Waals surface area (Å²) in [4.78, 5) is 12.4. The van der Waals surface area contributed by atoms with Crippen LogP contribution in [0.25, 0.3) is 0 Å². The monoisotopic (exact) mass is 326 g/mol. The van der Waals surface area contributed by atoms with Crippen molar-refractivity contribution in [3.05, 3.63) is 47.3 Å². The second-order valence-electron chi connectivity index (χ2n) is 6.59. The standard InChI is InChI=1S/C19H22N2O3/c1-12-3-5-14(21(12)2)11-20-19(22)16-10-15(16)13-4-6-17-18(9-13)24-8-7-23-17/h3-6,9,15-16H,7-8,10-11H2,1-2H3,(H,20,22)/t15-,16-/m0/s1. The van der Waals surface area contributed by atoms with E-state index in [4.69, 9.17) is 9.47 Å². The summed E-state index contributed by atoms with van der Waals surface area (Å²) < 4.78 is 13.3. The van der Waals surface area contributed by atoms with Gasteiger partial charge >= 0.3 is 0 Å². The fourth-order valence-electron chi connectivity index (χ4n) is 3.30. The minimum Gasteiger partial charge on any atom is -0.486 e. The maximum Gasteiger partial charge on any atom is 0.224 e. The van der Waals surface area contributed by atoms with Gasteiger partial charge in [-0.3, -0.25) is 4.79 Å². The van der Waals surface area contributed by atoms with E-state index < -0.39 is 0 Å². The molecule has 0 saturated heterocycles. The summed E-state index contributed by atoms with van der Waals surface area (Å²) in [6.07, 6.45) is 0.900. The zero-order chi connectivity index (χ0) is 16.7. The predicted molar refractivity (Wildman–Crippen MR) is 90.3 cm³/mol. The molecular weight excluding hydrogens is 304 g/mol. The molecule has 1 amide bonds. The van der Waals surface area contributed by atoms with Gasteiger partial charge in [-0.1, -0.05) is 6.07 Å². The van der Waals surface area contributed by atoms with Crippen LogP contribution in [-0.2, 0) is 18.4 Å². The molecule has 126 valence electrons. The van der Waals surface area contributed by atoms with E-state index in [9.17, 15) is 4.79 Å². The molecule has 5 nitrogen and oxygen atoms in total. The summed E-state index contributed by atoms with van der Waals surface area (Å²) in [5, 5.41) is 3.06. The molecule has 0 radical (unpaired) electrons. The number of fused-ring (bicyclic) bond motifs is 1. The van der Waals surface area contributed by atoms with E-state index in [0.717, 1.165) is 29.2 Å². The van der Waals surface area contributed by atoms with Gasteiger partial charge in [0.1, 0.15) is 13.2 Å². The number of ether oxygens (including phenoxy) is 2. The Morgan fingerprint density at radius 1 is 1.21 bits per heavy atom. The smallest absolute Gasteiger partial charge is 0.224 e. The highest BCUT2D eigenvalue weighted by atomic mass is 16.6. The third-order valence-corrected chi connectivity index (χ3v) is 5.04. The lowest BCUT2D eigenvalue weighted by molar-refractivity contribution is -0.122. The number of nitrogens with one attached hydrogen (secondary N) is 1. The Morgan fingerprint density at radius 2 is 2.00 bits per heavy atom. The van der Waals surface area contributed by atoms with Crippen molar-refractivity contribution in [3.8, 4) is 11.5 Å². The van der Waals surface area contributed by atoms with Gasteiger partial charge in [-0.25, -0.2) is 0 Å². The number of aryl methyl sites for hydroxylation is 1. The molecule has 2 atom stereocenters. The zero-order valence-corrected chi connectivity index (χ0v) is 14.0. The Morgan fingerprint density at radius 3 is 2.75 bits per heavy atom. The Hall–Kier alpha value is -2.43. The van der Waals surface area contributed by atoms with Gasteiger partial charge in [-0.2, -0.15) is 0 Å². The van der Waals surface area contributed by atoms with Crippen LogP contribution in [0.2, 0.25) is 0 Å². The fraction of sp³-hybridized carbons (Fsp3) is 0.421. The molecule has 1 aromatic heterocycles. The summed E-state index contributed by atoms with van der Waals surface area (Å²) in [5.74, 6) is 2.08. The van der Waals surface area contributed by atoms with Crippen molar-refractivity contribution >= 4 is 5.91 Å². The molecule has 1 aliphatic heterocycles. The third-order valence-electron chi connectivity index (χ3n) is 5.04. The van der Waals surface area contributed by atoms with Crippen molar-refractivity contribution < 1.29 is 14.3 Å². The van der Waals surface area contributed by atoms with Gasteiger partial charge in [-0.15, -0.1) is 0 Å². The molecule has 1 aromatic carbocycles. The Bertz CT molecular complexity index is 781. The van der Waals surface area contributed by atoms with Crippen LogP contribution < -0.4 is 14.8 Å². The van der Waals surface area contributed by atoms with Crippen molar-refractivity contribution in [1.29, 1.82) is 0 Å². The summed E-state index contributed by atoms with van der Waals surface area (Å²) >= 11 is 0. The zero-order valence-electron chi connectivity index (χ0n) is 14.0. The summed E-state index contributed by atoms with van der Waals surface area (Å²) in [7, 11) is 2.02. The van der Waals surface area contributed by atoms with Crippen LogP contribution in [0.5, 0.6) is 11.5 Å². The second-order valence-corrected chi connectivity index (χ2v) is 6.59. The molecule has 0 spiro atoms. The highest BCUT2D eigenvalue weighted by Gasteiger charge is 2.44. The molecule has 1 saturated carbocycles. The SMILES string of the molecule is Cc1ccc(CNC(=O)[C@H]2C[C@H]2c2ccc3c(c2)OCCO3)n1C. The van der Waals surface area contributed by atoms with Crippen LogP contribution in [0.15, 0.2) is 30.3 Å². The number of hydrogen-bond donors (Lipinski definition) is 1. The first-order valence-corrected chi connectivity index (χ1v) is 8.42. The first kappa shape index (κ1) is 15.1. The lowest BCUT2D eigenvalue weighted by atomic mass is 10.1. The van der Waals surface area contributed by atoms with Crippen molar-refractivity contribution in [2.24, 2.45) is 13.0 Å². The summed E-state index contributed by atoms with van der Waals surface area (Å²) in [6.45, 7) is 3.82. The number of carbonyl (C=O) groups is 1. The van der Waals surface area contributed by atoms with E-state index in [1.54, 1.807) is 0 Å². The van der Waals surface area contributed by atoms with Gasteiger partial charge < -0.3 is 19.4 Å². The van der Waals surface area contributed by atoms with E-state index in [1.165, 1.54) is 5.69 Å². The predicted octanol–water partition coefficient (Wildman–Crippen LogP) is 2.52. The first-order chi connectivity index (χ1) is 11.6. The maximum atomic E-state index is 12.4. The minimum atomic E-state index is 0.0638. The molecule has 1 fully saturated rings. The number of carbonyl (C=O) groups excluding carboxylic acids is 1. The van der Waals surface area contributed by atoms with Gasteiger partial charge in [0.2, 0.25) is 5.91 Å². The van der Waals surface area contributed by atoms with Crippen molar-refractivity contribution in [2.45, 2.75) is 25.8 Å². The van der Waals surface area contributed by atoms with Crippen LogP contribution in [0.1, 0.15) is 29.3 Å². The highest BCUT2D eigenvalue weighted by molar-refractivity contribution is 5.82. The van der Waals surface area contributed by atoms with Crippen molar-refractivity contribution in [3.63, 3.8) is 0 Å². The highest BCUT2D eigenvalue weighted by Crippen LogP contribution is 2.49. The molecule has 5 heteroatoms. The maximum absolute atomic E-state index is 12.4. The number of rotatable bonds is 4. The molecule has 0 unspecified atom stereocenters. The Kier molecular flexibility index (Phi) is 3.71. The van der Waals surface area contributed by atoms with Crippen molar-refractivity contribution in [2.75, 3.05) is 13.2 Å². The largest absolute Gasteiger partial charge is 0.486 e. The molecule has 1 N–H and O–H groups in total. The van der Waals surface area contributed by atoms with Gasteiger partial charge in [0.25, 0.3) is 0 Å². The minimum absolute atomic E-state index is 0.0638. The molecule has 24 heavy (non-hydrogen) atoms. The number of nitrogens with zero attached hydrogens (tertiary/aromatic N) is 1. The van der Waals surface area contributed by atoms with Crippen LogP contribution >= 0.6 is 0 Å². The average molecular weight is 326 g/mol. The van der Waals surface area contributed by atoms with E-state index >= 15 is 0 Å². The number of amides is 1. The van der Waals surface area contributed by atoms with Gasteiger partial charge in [0.05, 0.1) is 6.54 Å². The molecule has 2 aromatic rings. The van der Waals surface area contributed by atoms with E-state index in [-0.39, 0.29) is 17.7 Å². The Balaban J connectivity index is 1.37. The first-order valence-electron chi connectivity index (χ1n) is 8.42. The fourth-order valence-corrected chi connectivity index (χ4v) is 3.30. The van der Waals surface area contributed by atoms with E-state index in [2.05, 4.69) is 28.9 Å². The lowest BCUT2D eigenvalue weighted by Gasteiger charge is -2.18. The van der Waals surface area contributed by atoms with Gasteiger partial charge in [-0.05, 0) is 49.1 Å². The lowest BCUT2D eigenvalue weighted by Crippen LogP contribution is -2.26. The van der Waals surface area contributed by atoms with E-state index in [1.807, 2.05) is 25.2 Å². The molecule has 0 bridgehead atoms. The molecule has 4 rings (SSSR count). The molecule has 2 heterocycles. The third kappa shape index (κ3) is 2.75. The summed E-state index contributed by atoms with van der Waals surface area (Å²) in [5.41, 5.74) is 3.48. The quantitative estimate of drug-likeness (QED) is 0.939. The van der Waals surface area contributed by atoms with Crippen LogP contribution in [0.4, 0.5) is 0 Å². The normalized spacial score (nSPS) is 21.4. The average Bonchev–Trinajstić information content (AvgIpc) is 3.35. The van der Waals surface area contributed by atoms with Crippen LogP contribution in [0.3, 0.4) is 0 Å². The van der Waals surface area contributed by atoms with Crippen molar-refractivity contribution in [1.82, 2.24) is 9.88 Å². The summed E-state index contributed by atoms with van der Waals surface area (Å²) in [6, 6.07) is 10.1. The molecule has 2 aliphatic rings. The van der Waals surface area contributed by atoms with Gasteiger partial charge in [0, 0.05) is 24.4 Å². The van der Waals surface area contributed by atoms with Gasteiger partial charge in [0.15, 0.2) is 11.5 Å². The number of benzene rings is 1. The van der Waals surface area contributed by atoms with Crippen LogP contribution in [-0.4, -0.2) is 23.7 Å². The molecule has 1 aliphatic carbocycles. The van der Waals surface area contributed by atoms with E-state index in [0.29, 0.717) is 19.8 Å². The number of hydrogen-bond acceptors (Lipinski definition) is 3. The van der Waals surface area contributed by atoms with Crippen LogP contribution in [0, 0.1) is 12.8 Å². The Labute approximate surface area is 141 Å². The molecular formula is C19H22N2O3. The number of aromatic nitrogens is 1.